The number of nitrogens with zero attached hydrogens (tertiary/aromatic N) is 2. The summed E-state index contributed by atoms with van der Waals surface area (Å²) in [6, 6.07) is 13.7. The standard InChI is InChI=1S/C22H25F2N3O/c23-17-6-9-21(20(24)14-17)25-22(28)27(18-7-8-18)19-10-12-26(13-11-19)15-16-4-2-1-3-5-16/h1-6,9,14,18-19H,7-8,10-13,15H2,(H,25,28). The molecule has 0 unspecified atom stereocenters. The minimum atomic E-state index is -0.748. The topological polar surface area (TPSA) is 35.6 Å². The van der Waals surface area contributed by atoms with Gasteiger partial charge in [0, 0.05) is 37.8 Å². The van der Waals surface area contributed by atoms with Gasteiger partial charge in [0.15, 0.2) is 0 Å². The molecule has 0 bridgehead atoms. The Morgan fingerprint density at radius 1 is 1.00 bits per heavy atom. The fourth-order valence-corrected chi connectivity index (χ4v) is 3.95. The van der Waals surface area contributed by atoms with Gasteiger partial charge in [-0.15, -0.1) is 0 Å². The summed E-state index contributed by atoms with van der Waals surface area (Å²) in [5, 5.41) is 2.64. The van der Waals surface area contributed by atoms with Gasteiger partial charge < -0.3 is 10.2 Å². The van der Waals surface area contributed by atoms with Crippen LogP contribution in [0.5, 0.6) is 0 Å². The summed E-state index contributed by atoms with van der Waals surface area (Å²) in [4.78, 5) is 17.1. The molecule has 0 spiro atoms. The van der Waals surface area contributed by atoms with Crippen molar-refractivity contribution in [3.05, 3.63) is 65.7 Å². The monoisotopic (exact) mass is 385 g/mol. The lowest BCUT2D eigenvalue weighted by atomic mass is 10.0. The van der Waals surface area contributed by atoms with Crippen molar-refractivity contribution in [2.45, 2.75) is 44.3 Å². The lowest BCUT2D eigenvalue weighted by Crippen LogP contribution is -2.49. The van der Waals surface area contributed by atoms with E-state index >= 15 is 0 Å². The number of halogens is 2. The SMILES string of the molecule is O=C(Nc1ccc(F)cc1F)N(C1CC1)C1CCN(Cc2ccccc2)CC1. The maximum atomic E-state index is 13.9. The van der Waals surface area contributed by atoms with Gasteiger partial charge in [-0.3, -0.25) is 4.90 Å². The second kappa shape index (κ2) is 8.27. The Bertz CT molecular complexity index is 818. The molecule has 2 aliphatic rings. The van der Waals surface area contributed by atoms with E-state index < -0.39 is 11.6 Å². The molecule has 0 atom stereocenters. The highest BCUT2D eigenvalue weighted by atomic mass is 19.1. The molecule has 4 nitrogen and oxygen atoms in total. The third-order valence-corrected chi connectivity index (χ3v) is 5.55. The zero-order valence-electron chi connectivity index (χ0n) is 15.8. The Morgan fingerprint density at radius 2 is 1.68 bits per heavy atom. The van der Waals surface area contributed by atoms with Crippen molar-refractivity contribution in [3.8, 4) is 0 Å². The molecule has 0 radical (unpaired) electrons. The van der Waals surface area contributed by atoms with E-state index in [-0.39, 0.29) is 23.8 Å². The quantitative estimate of drug-likeness (QED) is 0.815. The number of hydrogen-bond acceptors (Lipinski definition) is 2. The van der Waals surface area contributed by atoms with Crippen LogP contribution >= 0.6 is 0 Å². The highest BCUT2D eigenvalue weighted by Gasteiger charge is 2.38. The Kier molecular flexibility index (Phi) is 5.57. The van der Waals surface area contributed by atoms with Gasteiger partial charge in [0.25, 0.3) is 0 Å². The number of hydrogen-bond donors (Lipinski definition) is 1. The zero-order valence-corrected chi connectivity index (χ0v) is 15.8. The number of likely N-dealkylation sites (tertiary alicyclic amines) is 1. The van der Waals surface area contributed by atoms with E-state index in [0.717, 1.165) is 57.5 Å². The molecule has 2 aromatic carbocycles. The summed E-state index contributed by atoms with van der Waals surface area (Å²) >= 11 is 0. The van der Waals surface area contributed by atoms with Crippen molar-refractivity contribution in [2.75, 3.05) is 18.4 Å². The fourth-order valence-electron chi connectivity index (χ4n) is 3.95. The molecule has 2 amide bonds. The van der Waals surface area contributed by atoms with Crippen LogP contribution in [0.15, 0.2) is 48.5 Å². The highest BCUT2D eigenvalue weighted by molar-refractivity contribution is 5.90. The molecule has 4 rings (SSSR count). The zero-order chi connectivity index (χ0) is 19.5. The summed E-state index contributed by atoms with van der Waals surface area (Å²) in [6.45, 7) is 2.78. The van der Waals surface area contributed by atoms with E-state index in [1.54, 1.807) is 0 Å². The van der Waals surface area contributed by atoms with Gasteiger partial charge in [-0.25, -0.2) is 13.6 Å². The second-order valence-corrected chi connectivity index (χ2v) is 7.69. The molecule has 1 aliphatic heterocycles. The predicted octanol–water partition coefficient (Wildman–Crippen LogP) is 4.63. The van der Waals surface area contributed by atoms with Gasteiger partial charge in [0.2, 0.25) is 0 Å². The van der Waals surface area contributed by atoms with E-state index in [4.69, 9.17) is 0 Å². The number of benzene rings is 2. The van der Waals surface area contributed by atoms with E-state index in [2.05, 4.69) is 34.5 Å². The van der Waals surface area contributed by atoms with Crippen LogP contribution in [0, 0.1) is 11.6 Å². The highest BCUT2D eigenvalue weighted by Crippen LogP contribution is 2.33. The maximum absolute atomic E-state index is 13.9. The van der Waals surface area contributed by atoms with Gasteiger partial charge in [0.05, 0.1) is 5.69 Å². The normalized spacial score (nSPS) is 18.1. The predicted molar refractivity (Wildman–Crippen MR) is 105 cm³/mol. The maximum Gasteiger partial charge on any atom is 0.322 e. The average molecular weight is 385 g/mol. The average Bonchev–Trinajstić information content (AvgIpc) is 3.51. The Balaban J connectivity index is 1.37. The smallest absolute Gasteiger partial charge is 0.318 e. The largest absolute Gasteiger partial charge is 0.322 e. The fraction of sp³-hybridized carbons (Fsp3) is 0.409. The first-order chi connectivity index (χ1) is 13.6. The van der Waals surface area contributed by atoms with Gasteiger partial charge in [-0.05, 0) is 43.4 Å². The molecular formula is C22H25F2N3O. The van der Waals surface area contributed by atoms with Crippen molar-refractivity contribution in [3.63, 3.8) is 0 Å². The van der Waals surface area contributed by atoms with Crippen molar-refractivity contribution in [1.29, 1.82) is 0 Å². The third kappa shape index (κ3) is 4.50. The van der Waals surface area contributed by atoms with Crippen molar-refractivity contribution < 1.29 is 13.6 Å². The van der Waals surface area contributed by atoms with Crippen LogP contribution in [0.25, 0.3) is 0 Å². The number of piperidine rings is 1. The number of rotatable bonds is 5. The molecule has 1 N–H and O–H groups in total. The number of anilines is 1. The molecule has 1 saturated heterocycles. The summed E-state index contributed by atoms with van der Waals surface area (Å²) in [6.07, 6.45) is 3.79. The molecule has 2 aromatic rings. The van der Waals surface area contributed by atoms with Crippen LogP contribution in [0.3, 0.4) is 0 Å². The lowest BCUT2D eigenvalue weighted by Gasteiger charge is -2.38. The van der Waals surface area contributed by atoms with Crippen LogP contribution in [-0.4, -0.2) is 41.0 Å². The van der Waals surface area contributed by atoms with Gasteiger partial charge >= 0.3 is 6.03 Å². The van der Waals surface area contributed by atoms with Crippen molar-refractivity contribution in [2.24, 2.45) is 0 Å². The molecule has 6 heteroatoms. The summed E-state index contributed by atoms with van der Waals surface area (Å²) in [5.74, 6) is -1.40. The van der Waals surface area contributed by atoms with Crippen LogP contribution in [-0.2, 0) is 6.54 Å². The number of amides is 2. The van der Waals surface area contributed by atoms with Crippen molar-refractivity contribution in [1.82, 2.24) is 9.80 Å². The molecule has 0 aromatic heterocycles. The number of urea groups is 1. The van der Waals surface area contributed by atoms with Gasteiger partial charge in [-0.1, -0.05) is 30.3 Å². The molecule has 28 heavy (non-hydrogen) atoms. The van der Waals surface area contributed by atoms with E-state index in [9.17, 15) is 13.6 Å². The first kappa shape index (κ1) is 18.9. The molecule has 148 valence electrons. The van der Waals surface area contributed by atoms with Crippen LogP contribution in [0.2, 0.25) is 0 Å². The summed E-state index contributed by atoms with van der Waals surface area (Å²) in [5.41, 5.74) is 1.32. The van der Waals surface area contributed by atoms with E-state index in [0.29, 0.717) is 0 Å². The number of carbonyl (C=O) groups is 1. The van der Waals surface area contributed by atoms with Gasteiger partial charge in [-0.2, -0.15) is 0 Å². The first-order valence-corrected chi connectivity index (χ1v) is 9.91. The van der Waals surface area contributed by atoms with Gasteiger partial charge in [0.1, 0.15) is 11.6 Å². The number of nitrogens with one attached hydrogen (secondary N) is 1. The summed E-state index contributed by atoms with van der Waals surface area (Å²) < 4.78 is 27.0. The van der Waals surface area contributed by atoms with E-state index in [1.165, 1.54) is 11.6 Å². The second-order valence-electron chi connectivity index (χ2n) is 7.69. The molecular weight excluding hydrogens is 360 g/mol. The Morgan fingerprint density at radius 3 is 2.32 bits per heavy atom. The minimum absolute atomic E-state index is 0.0264. The molecule has 1 aliphatic carbocycles. The van der Waals surface area contributed by atoms with Crippen LogP contribution < -0.4 is 5.32 Å². The Hall–Kier alpha value is -2.47. The first-order valence-electron chi connectivity index (χ1n) is 9.91. The van der Waals surface area contributed by atoms with E-state index in [1.807, 2.05) is 11.0 Å². The van der Waals surface area contributed by atoms with Crippen LogP contribution in [0.4, 0.5) is 19.3 Å². The molecule has 2 fully saturated rings. The lowest BCUT2D eigenvalue weighted by molar-refractivity contribution is 0.119. The molecule has 1 heterocycles. The molecule has 1 saturated carbocycles. The Labute approximate surface area is 164 Å². The van der Waals surface area contributed by atoms with Crippen LogP contribution in [0.1, 0.15) is 31.2 Å². The van der Waals surface area contributed by atoms with Crippen molar-refractivity contribution >= 4 is 11.7 Å². The summed E-state index contributed by atoms with van der Waals surface area (Å²) in [7, 11) is 0. The third-order valence-electron chi connectivity index (χ3n) is 5.55. The minimum Gasteiger partial charge on any atom is -0.318 e. The number of carbonyl (C=O) groups excluding carboxylic acids is 1.